The molecule has 0 unspecified atom stereocenters. The zero-order valence-electron chi connectivity index (χ0n) is 11.0. The van der Waals surface area contributed by atoms with Gasteiger partial charge in [-0.15, -0.1) is 0 Å². The monoisotopic (exact) mass is 283 g/mol. The van der Waals surface area contributed by atoms with Crippen LogP contribution in [0.2, 0.25) is 0 Å². The third-order valence-electron chi connectivity index (χ3n) is 3.50. The van der Waals surface area contributed by atoms with Gasteiger partial charge in [0.2, 0.25) is 0 Å². The van der Waals surface area contributed by atoms with Gasteiger partial charge in [-0.05, 0) is 17.7 Å². The molecule has 2 rings (SSSR count). The van der Waals surface area contributed by atoms with E-state index in [1.807, 2.05) is 0 Å². The molecule has 20 heavy (non-hydrogen) atoms. The lowest BCUT2D eigenvalue weighted by molar-refractivity contribution is -0.137. The molecule has 0 bridgehead atoms. The number of nitriles is 1. The standard InChI is InChI=1S/C14H16F3N3/c15-14(16,17)12-3-1-11(2-4-12)13(5-6-18)20-9-7-19-8-10-20/h1-4,13,19H,5,7-10H2/t13-/m1/s1. The predicted octanol–water partition coefficient (Wildman–Crippen LogP) is 2.57. The molecule has 108 valence electrons. The van der Waals surface area contributed by atoms with Crippen molar-refractivity contribution < 1.29 is 13.2 Å². The molecule has 1 aromatic rings. The smallest absolute Gasteiger partial charge is 0.314 e. The molecule has 0 radical (unpaired) electrons. The Hall–Kier alpha value is -1.58. The Morgan fingerprint density at radius 3 is 2.30 bits per heavy atom. The van der Waals surface area contributed by atoms with Crippen molar-refractivity contribution >= 4 is 0 Å². The highest BCUT2D eigenvalue weighted by Gasteiger charge is 2.30. The summed E-state index contributed by atoms with van der Waals surface area (Å²) in [4.78, 5) is 2.14. The number of hydrogen-bond donors (Lipinski definition) is 1. The molecule has 0 aromatic heterocycles. The molecule has 6 heteroatoms. The van der Waals surface area contributed by atoms with Crippen LogP contribution < -0.4 is 5.32 Å². The van der Waals surface area contributed by atoms with Crippen molar-refractivity contribution in [1.29, 1.82) is 5.26 Å². The zero-order valence-corrected chi connectivity index (χ0v) is 11.0. The lowest BCUT2D eigenvalue weighted by Crippen LogP contribution is -2.45. The fraction of sp³-hybridized carbons (Fsp3) is 0.500. The Bertz CT molecular complexity index is 470. The molecule has 0 amide bonds. The second kappa shape index (κ2) is 6.25. The Kier molecular flexibility index (Phi) is 4.63. The third kappa shape index (κ3) is 3.50. The number of nitrogens with one attached hydrogen (secondary N) is 1. The molecular weight excluding hydrogens is 267 g/mol. The highest BCUT2D eigenvalue weighted by molar-refractivity contribution is 5.27. The Morgan fingerprint density at radius 2 is 1.80 bits per heavy atom. The Labute approximate surface area is 116 Å². The first kappa shape index (κ1) is 14.8. The van der Waals surface area contributed by atoms with Crippen LogP contribution in [0.4, 0.5) is 13.2 Å². The molecule has 0 spiro atoms. The lowest BCUT2D eigenvalue weighted by atomic mass is 10.00. The Balaban J connectivity index is 2.19. The van der Waals surface area contributed by atoms with Crippen LogP contribution in [-0.2, 0) is 6.18 Å². The largest absolute Gasteiger partial charge is 0.416 e. The van der Waals surface area contributed by atoms with Crippen molar-refractivity contribution in [1.82, 2.24) is 10.2 Å². The minimum absolute atomic E-state index is 0.135. The number of halogens is 3. The van der Waals surface area contributed by atoms with E-state index in [4.69, 9.17) is 5.26 Å². The first-order valence-corrected chi connectivity index (χ1v) is 6.51. The summed E-state index contributed by atoms with van der Waals surface area (Å²) in [6, 6.07) is 7.12. The number of nitrogens with zero attached hydrogens (tertiary/aromatic N) is 2. The minimum Gasteiger partial charge on any atom is -0.314 e. The zero-order chi connectivity index (χ0) is 14.6. The summed E-state index contributed by atoms with van der Waals surface area (Å²) in [7, 11) is 0. The minimum atomic E-state index is -4.32. The van der Waals surface area contributed by atoms with Crippen LogP contribution in [0.3, 0.4) is 0 Å². The van der Waals surface area contributed by atoms with Crippen molar-refractivity contribution in [2.45, 2.75) is 18.6 Å². The number of alkyl halides is 3. The third-order valence-corrected chi connectivity index (χ3v) is 3.50. The lowest BCUT2D eigenvalue weighted by Gasteiger charge is -2.34. The summed E-state index contributed by atoms with van der Waals surface area (Å²) in [5.41, 5.74) is 0.110. The summed E-state index contributed by atoms with van der Waals surface area (Å²) in [6.07, 6.45) is -4.04. The molecule has 1 fully saturated rings. The molecule has 1 heterocycles. The first-order valence-electron chi connectivity index (χ1n) is 6.51. The molecule has 1 saturated heterocycles. The second-order valence-electron chi connectivity index (χ2n) is 4.78. The van der Waals surface area contributed by atoms with E-state index in [0.29, 0.717) is 0 Å². The molecule has 0 saturated carbocycles. The van der Waals surface area contributed by atoms with Crippen molar-refractivity contribution in [3.05, 3.63) is 35.4 Å². The van der Waals surface area contributed by atoms with Gasteiger partial charge in [-0.2, -0.15) is 18.4 Å². The van der Waals surface area contributed by atoms with Gasteiger partial charge in [0.25, 0.3) is 0 Å². The van der Waals surface area contributed by atoms with Gasteiger partial charge in [-0.25, -0.2) is 0 Å². The van der Waals surface area contributed by atoms with Crippen molar-refractivity contribution in [2.75, 3.05) is 26.2 Å². The molecule has 1 aliphatic rings. The van der Waals surface area contributed by atoms with Crippen molar-refractivity contribution in [3.8, 4) is 6.07 Å². The van der Waals surface area contributed by atoms with Gasteiger partial charge in [0, 0.05) is 32.2 Å². The number of rotatable bonds is 3. The van der Waals surface area contributed by atoms with Crippen molar-refractivity contribution in [3.63, 3.8) is 0 Å². The van der Waals surface area contributed by atoms with Gasteiger partial charge >= 0.3 is 6.18 Å². The predicted molar refractivity (Wildman–Crippen MR) is 68.9 cm³/mol. The highest BCUT2D eigenvalue weighted by atomic mass is 19.4. The van der Waals surface area contributed by atoms with Crippen LogP contribution >= 0.6 is 0 Å². The maximum Gasteiger partial charge on any atom is 0.416 e. The van der Waals surface area contributed by atoms with E-state index < -0.39 is 11.7 Å². The maximum absolute atomic E-state index is 12.6. The van der Waals surface area contributed by atoms with Gasteiger partial charge in [0.05, 0.1) is 18.1 Å². The number of benzene rings is 1. The highest BCUT2D eigenvalue weighted by Crippen LogP contribution is 2.31. The molecule has 1 atom stereocenters. The summed E-state index contributed by atoms with van der Waals surface area (Å²) in [5, 5.41) is 12.2. The normalized spacial score (nSPS) is 18.5. The summed E-state index contributed by atoms with van der Waals surface area (Å²) in [5.74, 6) is 0. The Morgan fingerprint density at radius 1 is 1.20 bits per heavy atom. The summed E-state index contributed by atoms with van der Waals surface area (Å²) >= 11 is 0. The van der Waals surface area contributed by atoms with E-state index in [1.165, 1.54) is 12.1 Å². The van der Waals surface area contributed by atoms with Crippen LogP contribution in [0.5, 0.6) is 0 Å². The molecule has 0 aliphatic carbocycles. The van der Waals surface area contributed by atoms with E-state index in [0.717, 1.165) is 43.9 Å². The molecule has 1 aliphatic heterocycles. The van der Waals surface area contributed by atoms with Gasteiger partial charge in [0.15, 0.2) is 0 Å². The van der Waals surface area contributed by atoms with E-state index >= 15 is 0 Å². The molecule has 1 aromatic carbocycles. The van der Waals surface area contributed by atoms with E-state index in [2.05, 4.69) is 16.3 Å². The van der Waals surface area contributed by atoms with Crippen molar-refractivity contribution in [2.24, 2.45) is 0 Å². The average Bonchev–Trinajstić information content (AvgIpc) is 2.45. The number of piperazine rings is 1. The summed E-state index contributed by atoms with van der Waals surface area (Å²) in [6.45, 7) is 3.27. The van der Waals surface area contributed by atoms with E-state index in [1.54, 1.807) is 0 Å². The van der Waals surface area contributed by atoms with Crippen LogP contribution in [0.15, 0.2) is 24.3 Å². The number of hydrogen-bond acceptors (Lipinski definition) is 3. The van der Waals surface area contributed by atoms with Crippen LogP contribution in [0, 0.1) is 11.3 Å². The molecular formula is C14H16F3N3. The fourth-order valence-corrected chi connectivity index (χ4v) is 2.43. The quantitative estimate of drug-likeness (QED) is 0.926. The average molecular weight is 283 g/mol. The van der Waals surface area contributed by atoms with E-state index in [-0.39, 0.29) is 12.5 Å². The van der Waals surface area contributed by atoms with Gasteiger partial charge in [0.1, 0.15) is 0 Å². The molecule has 3 nitrogen and oxygen atoms in total. The fourth-order valence-electron chi connectivity index (χ4n) is 2.43. The SMILES string of the molecule is N#CC[C@H](c1ccc(C(F)(F)F)cc1)N1CCNCC1. The second-order valence-corrected chi connectivity index (χ2v) is 4.78. The summed E-state index contributed by atoms with van der Waals surface area (Å²) < 4.78 is 37.7. The van der Waals surface area contributed by atoms with Gasteiger partial charge < -0.3 is 5.32 Å². The molecule has 1 N–H and O–H groups in total. The van der Waals surface area contributed by atoms with Crippen LogP contribution in [0.1, 0.15) is 23.6 Å². The first-order chi connectivity index (χ1) is 9.52. The van der Waals surface area contributed by atoms with Gasteiger partial charge in [-0.3, -0.25) is 4.90 Å². The van der Waals surface area contributed by atoms with Gasteiger partial charge in [-0.1, -0.05) is 12.1 Å². The van der Waals surface area contributed by atoms with E-state index in [9.17, 15) is 13.2 Å². The van der Waals surface area contributed by atoms with Crippen LogP contribution in [0.25, 0.3) is 0 Å². The maximum atomic E-state index is 12.6. The van der Waals surface area contributed by atoms with Crippen LogP contribution in [-0.4, -0.2) is 31.1 Å². The topological polar surface area (TPSA) is 39.1 Å².